The predicted octanol–water partition coefficient (Wildman–Crippen LogP) is 2.23. The van der Waals surface area contributed by atoms with Crippen LogP contribution in [0.2, 0.25) is 0 Å². The number of piperidine rings is 1. The van der Waals surface area contributed by atoms with E-state index in [2.05, 4.69) is 11.3 Å². The van der Waals surface area contributed by atoms with Crippen molar-refractivity contribution in [3.63, 3.8) is 0 Å². The van der Waals surface area contributed by atoms with Gasteiger partial charge in [-0.15, -0.1) is 0 Å². The molecule has 12 heavy (non-hydrogen) atoms. The van der Waals surface area contributed by atoms with Gasteiger partial charge in [0.15, 0.2) is 0 Å². The summed E-state index contributed by atoms with van der Waals surface area (Å²) < 4.78 is 0. The molecule has 0 bridgehead atoms. The summed E-state index contributed by atoms with van der Waals surface area (Å²) in [6.45, 7) is 2.72. The monoisotopic (exact) mass is 164 g/mol. The Morgan fingerprint density at radius 3 is 2.25 bits per heavy atom. The number of rotatable bonds is 2. The lowest BCUT2D eigenvalue weighted by atomic mass is 10.0. The van der Waals surface area contributed by atoms with Crippen LogP contribution in [0.4, 0.5) is 0 Å². The normalized spacial score (nSPS) is 35.0. The van der Waals surface area contributed by atoms with Gasteiger partial charge >= 0.3 is 0 Å². The van der Waals surface area contributed by atoms with Crippen LogP contribution in [0, 0.1) is 12.3 Å². The Hall–Kier alpha value is -0.0400. The Kier molecular flexibility index (Phi) is 1.52. The molecule has 1 aliphatic heterocycles. The van der Waals surface area contributed by atoms with E-state index in [-0.39, 0.29) is 0 Å². The zero-order valence-electron chi connectivity index (χ0n) is 7.76. The average Bonchev–Trinajstić information content (AvgIpc) is 2.99. The topological polar surface area (TPSA) is 3.24 Å². The van der Waals surface area contributed by atoms with E-state index >= 15 is 0 Å². The van der Waals surface area contributed by atoms with Crippen LogP contribution < -0.4 is 0 Å². The molecule has 1 saturated heterocycles. The van der Waals surface area contributed by atoms with Gasteiger partial charge in [0, 0.05) is 5.54 Å². The molecule has 0 amide bonds. The van der Waals surface area contributed by atoms with Crippen LogP contribution >= 0.6 is 0 Å². The minimum atomic E-state index is 0.744. The third-order valence-corrected chi connectivity index (χ3v) is 3.94. The van der Waals surface area contributed by atoms with Crippen LogP contribution in [0.1, 0.15) is 38.5 Å². The molecule has 1 nitrogen and oxygen atoms in total. The first-order chi connectivity index (χ1) is 5.92. The van der Waals surface area contributed by atoms with Crippen molar-refractivity contribution in [3.8, 4) is 0 Å². The Bertz CT molecular complexity index is 173. The van der Waals surface area contributed by atoms with Crippen molar-refractivity contribution in [2.45, 2.75) is 44.1 Å². The Balaban J connectivity index is 1.69. The van der Waals surface area contributed by atoms with Crippen molar-refractivity contribution in [1.82, 2.24) is 4.90 Å². The van der Waals surface area contributed by atoms with Gasteiger partial charge in [0.25, 0.3) is 0 Å². The van der Waals surface area contributed by atoms with E-state index < -0.39 is 0 Å². The number of nitrogens with zero attached hydrogens (tertiary/aromatic N) is 1. The molecule has 67 valence electrons. The van der Waals surface area contributed by atoms with Crippen molar-refractivity contribution < 1.29 is 0 Å². The summed E-state index contributed by atoms with van der Waals surface area (Å²) in [6, 6.07) is 0. The Labute approximate surface area is 75.1 Å². The number of likely N-dealkylation sites (tertiary alicyclic amines) is 1. The van der Waals surface area contributed by atoms with Crippen molar-refractivity contribution >= 4 is 0 Å². The van der Waals surface area contributed by atoms with Gasteiger partial charge in [-0.3, -0.25) is 4.90 Å². The van der Waals surface area contributed by atoms with E-state index in [0.717, 1.165) is 11.5 Å². The van der Waals surface area contributed by atoms with Crippen LogP contribution in [-0.4, -0.2) is 23.5 Å². The molecule has 0 N–H and O–H groups in total. The molecule has 0 unspecified atom stereocenters. The van der Waals surface area contributed by atoms with Gasteiger partial charge in [-0.2, -0.15) is 0 Å². The zero-order chi connectivity index (χ0) is 8.02. The van der Waals surface area contributed by atoms with E-state index in [4.69, 9.17) is 0 Å². The van der Waals surface area contributed by atoms with E-state index in [9.17, 15) is 0 Å². The molecule has 0 aromatic heterocycles. The highest BCUT2D eigenvalue weighted by Gasteiger charge is 2.57. The highest BCUT2D eigenvalue weighted by molar-refractivity contribution is 5.13. The maximum absolute atomic E-state index is 2.80. The lowest BCUT2D eigenvalue weighted by molar-refractivity contribution is 0.143. The van der Waals surface area contributed by atoms with Gasteiger partial charge in [0.1, 0.15) is 0 Å². The maximum Gasteiger partial charge on any atom is 0.0239 e. The van der Waals surface area contributed by atoms with Gasteiger partial charge < -0.3 is 0 Å². The lowest BCUT2D eigenvalue weighted by Crippen LogP contribution is -2.42. The number of hydrogen-bond donors (Lipinski definition) is 0. The highest BCUT2D eigenvalue weighted by Crippen LogP contribution is 2.57. The minimum Gasteiger partial charge on any atom is -0.297 e. The first-order valence-electron chi connectivity index (χ1n) is 5.48. The van der Waals surface area contributed by atoms with Crippen LogP contribution in [-0.2, 0) is 0 Å². The number of hydrogen-bond acceptors (Lipinski definition) is 1. The summed E-state index contributed by atoms with van der Waals surface area (Å²) in [6.07, 6.45) is 11.2. The van der Waals surface area contributed by atoms with Crippen LogP contribution in [0.25, 0.3) is 0 Å². The largest absolute Gasteiger partial charge is 0.297 e. The third kappa shape index (κ3) is 1.02. The summed E-state index contributed by atoms with van der Waals surface area (Å²) in [5, 5.41) is 0. The summed E-state index contributed by atoms with van der Waals surface area (Å²) >= 11 is 0. The Morgan fingerprint density at radius 2 is 1.75 bits per heavy atom. The molecular formula is C11H18N. The molecule has 3 rings (SSSR count). The molecule has 3 aliphatic rings. The molecule has 1 radical (unpaired) electrons. The van der Waals surface area contributed by atoms with Gasteiger partial charge in [0.2, 0.25) is 0 Å². The molecule has 1 heteroatoms. The molecule has 1 heterocycles. The van der Waals surface area contributed by atoms with Crippen LogP contribution in [0.5, 0.6) is 0 Å². The van der Waals surface area contributed by atoms with Crippen molar-refractivity contribution in [2.24, 2.45) is 5.92 Å². The molecule has 0 aromatic carbocycles. The summed E-state index contributed by atoms with van der Waals surface area (Å²) in [7, 11) is 0. The standard InChI is InChI=1S/C11H18N/c1-2-8-12(9-3-1)11(6-7-11)10-4-5-10/h1,10H,2-9H2. The average molecular weight is 164 g/mol. The summed E-state index contributed by atoms with van der Waals surface area (Å²) in [4.78, 5) is 2.80. The second-order valence-electron chi connectivity index (χ2n) is 4.73. The van der Waals surface area contributed by atoms with Crippen LogP contribution in [0.3, 0.4) is 0 Å². The molecule has 3 fully saturated rings. The van der Waals surface area contributed by atoms with Gasteiger partial charge in [-0.25, -0.2) is 0 Å². The van der Waals surface area contributed by atoms with Gasteiger partial charge in [-0.1, -0.05) is 0 Å². The lowest BCUT2D eigenvalue weighted by Gasteiger charge is -2.35. The summed E-state index contributed by atoms with van der Waals surface area (Å²) in [5.74, 6) is 1.11. The minimum absolute atomic E-state index is 0.744. The van der Waals surface area contributed by atoms with Gasteiger partial charge in [0.05, 0.1) is 0 Å². The van der Waals surface area contributed by atoms with Crippen molar-refractivity contribution in [2.75, 3.05) is 13.1 Å². The van der Waals surface area contributed by atoms with Crippen molar-refractivity contribution in [3.05, 3.63) is 6.42 Å². The fourth-order valence-electron chi connectivity index (χ4n) is 2.93. The fourth-order valence-corrected chi connectivity index (χ4v) is 2.93. The Morgan fingerprint density at radius 1 is 1.08 bits per heavy atom. The second-order valence-corrected chi connectivity index (χ2v) is 4.73. The van der Waals surface area contributed by atoms with Crippen LogP contribution in [0.15, 0.2) is 0 Å². The quantitative estimate of drug-likeness (QED) is 0.605. The predicted molar refractivity (Wildman–Crippen MR) is 49.8 cm³/mol. The van der Waals surface area contributed by atoms with Gasteiger partial charge in [-0.05, 0) is 64.0 Å². The van der Waals surface area contributed by atoms with E-state index in [1.54, 1.807) is 0 Å². The molecule has 0 atom stereocenters. The summed E-state index contributed by atoms with van der Waals surface area (Å²) in [5.41, 5.74) is 0.744. The fraction of sp³-hybridized carbons (Fsp3) is 0.909. The highest BCUT2D eigenvalue weighted by atomic mass is 15.2. The molecule has 2 aliphatic carbocycles. The molecule has 0 aromatic rings. The first-order valence-corrected chi connectivity index (χ1v) is 5.48. The third-order valence-electron chi connectivity index (χ3n) is 3.94. The maximum atomic E-state index is 2.80. The van der Waals surface area contributed by atoms with E-state index in [0.29, 0.717) is 0 Å². The first kappa shape index (κ1) is 7.37. The van der Waals surface area contributed by atoms with E-state index in [1.807, 2.05) is 0 Å². The van der Waals surface area contributed by atoms with E-state index in [1.165, 1.54) is 51.6 Å². The van der Waals surface area contributed by atoms with Crippen molar-refractivity contribution in [1.29, 1.82) is 0 Å². The second kappa shape index (κ2) is 2.47. The molecule has 0 spiro atoms. The smallest absolute Gasteiger partial charge is 0.0239 e. The SMILES string of the molecule is [CH]1CCN(C2(C3CC3)CC2)CC1. The zero-order valence-corrected chi connectivity index (χ0v) is 7.76. The molecular weight excluding hydrogens is 146 g/mol. The molecule has 2 saturated carbocycles.